The second kappa shape index (κ2) is 5.22. The van der Waals surface area contributed by atoms with E-state index in [4.69, 9.17) is 5.73 Å². The minimum Gasteiger partial charge on any atom is -0.341 e. The summed E-state index contributed by atoms with van der Waals surface area (Å²) in [6, 6.07) is -0.252. The van der Waals surface area contributed by atoms with Crippen LogP contribution in [0.2, 0.25) is 0 Å². The highest BCUT2D eigenvalue weighted by Crippen LogP contribution is 2.10. The first-order valence-electron chi connectivity index (χ1n) is 5.30. The van der Waals surface area contributed by atoms with Gasteiger partial charge in [0.1, 0.15) is 0 Å². The van der Waals surface area contributed by atoms with Gasteiger partial charge in [-0.15, -0.1) is 0 Å². The molecule has 1 heterocycles. The highest BCUT2D eigenvalue weighted by molar-refractivity contribution is 5.81. The Morgan fingerprint density at radius 1 is 1.46 bits per heavy atom. The summed E-state index contributed by atoms with van der Waals surface area (Å²) in [6.45, 7) is 3.95. The standard InChI is InChI=1S/C10H20N2O/c1-2-3-6-9(11)10(13)12-7-4-5-8-12/h9H,2-8,11H2,1H3/t9-/m1/s1. The van der Waals surface area contributed by atoms with Crippen LogP contribution < -0.4 is 5.73 Å². The fourth-order valence-electron chi connectivity index (χ4n) is 1.72. The van der Waals surface area contributed by atoms with Gasteiger partial charge in [-0.3, -0.25) is 4.79 Å². The van der Waals surface area contributed by atoms with Crippen LogP contribution in [-0.4, -0.2) is 29.9 Å². The van der Waals surface area contributed by atoms with E-state index < -0.39 is 0 Å². The van der Waals surface area contributed by atoms with Crippen LogP contribution in [0.5, 0.6) is 0 Å². The minimum absolute atomic E-state index is 0.158. The molecule has 0 saturated carbocycles. The molecule has 1 saturated heterocycles. The summed E-state index contributed by atoms with van der Waals surface area (Å²) in [5, 5.41) is 0. The van der Waals surface area contributed by atoms with Gasteiger partial charge in [-0.25, -0.2) is 0 Å². The van der Waals surface area contributed by atoms with Crippen molar-refractivity contribution in [1.82, 2.24) is 4.90 Å². The van der Waals surface area contributed by atoms with Crippen LogP contribution >= 0.6 is 0 Å². The second-order valence-corrected chi connectivity index (χ2v) is 3.78. The molecule has 3 nitrogen and oxygen atoms in total. The normalized spacial score (nSPS) is 19.1. The first-order chi connectivity index (χ1) is 6.25. The number of carbonyl (C=O) groups excluding carboxylic acids is 1. The molecule has 2 N–H and O–H groups in total. The smallest absolute Gasteiger partial charge is 0.239 e. The SMILES string of the molecule is CCCC[C@@H](N)C(=O)N1CCCC1. The number of unbranched alkanes of at least 4 members (excludes halogenated alkanes) is 1. The van der Waals surface area contributed by atoms with Crippen LogP contribution in [-0.2, 0) is 4.79 Å². The summed E-state index contributed by atoms with van der Waals surface area (Å²) in [5.74, 6) is 0.158. The molecule has 1 amide bonds. The van der Waals surface area contributed by atoms with Gasteiger partial charge in [0.05, 0.1) is 6.04 Å². The summed E-state index contributed by atoms with van der Waals surface area (Å²) in [5.41, 5.74) is 5.79. The molecule has 1 atom stereocenters. The lowest BCUT2D eigenvalue weighted by atomic mass is 10.1. The zero-order valence-electron chi connectivity index (χ0n) is 8.46. The predicted octanol–water partition coefficient (Wildman–Crippen LogP) is 1.13. The number of amides is 1. The van der Waals surface area contributed by atoms with E-state index in [2.05, 4.69) is 6.92 Å². The molecule has 0 aromatic rings. The first kappa shape index (κ1) is 10.5. The Morgan fingerprint density at radius 3 is 2.62 bits per heavy atom. The van der Waals surface area contributed by atoms with Gasteiger partial charge < -0.3 is 10.6 Å². The average molecular weight is 184 g/mol. The molecule has 1 fully saturated rings. The zero-order valence-corrected chi connectivity index (χ0v) is 8.46. The summed E-state index contributed by atoms with van der Waals surface area (Å²) < 4.78 is 0. The maximum atomic E-state index is 11.7. The third kappa shape index (κ3) is 2.99. The van der Waals surface area contributed by atoms with E-state index in [9.17, 15) is 4.79 Å². The van der Waals surface area contributed by atoms with Gasteiger partial charge in [0.25, 0.3) is 0 Å². The van der Waals surface area contributed by atoms with Crippen molar-refractivity contribution >= 4 is 5.91 Å². The molecule has 0 aromatic carbocycles. The fourth-order valence-corrected chi connectivity index (χ4v) is 1.72. The molecule has 0 aromatic heterocycles. The van der Waals surface area contributed by atoms with E-state index in [1.165, 1.54) is 0 Å². The molecule has 0 spiro atoms. The van der Waals surface area contributed by atoms with Gasteiger partial charge in [0.15, 0.2) is 0 Å². The Kier molecular flexibility index (Phi) is 4.22. The first-order valence-corrected chi connectivity index (χ1v) is 5.30. The number of nitrogens with zero attached hydrogens (tertiary/aromatic N) is 1. The molecular weight excluding hydrogens is 164 g/mol. The van der Waals surface area contributed by atoms with Crippen molar-refractivity contribution in [3.05, 3.63) is 0 Å². The van der Waals surface area contributed by atoms with Crippen molar-refractivity contribution in [3.8, 4) is 0 Å². The van der Waals surface area contributed by atoms with E-state index in [-0.39, 0.29) is 11.9 Å². The van der Waals surface area contributed by atoms with Crippen LogP contribution in [0.4, 0.5) is 0 Å². The highest BCUT2D eigenvalue weighted by Gasteiger charge is 2.22. The lowest BCUT2D eigenvalue weighted by molar-refractivity contribution is -0.131. The van der Waals surface area contributed by atoms with Gasteiger partial charge >= 0.3 is 0 Å². The van der Waals surface area contributed by atoms with Gasteiger partial charge in [-0.05, 0) is 19.3 Å². The summed E-state index contributed by atoms with van der Waals surface area (Å²) in [4.78, 5) is 13.6. The Bertz CT molecular complexity index is 164. The van der Waals surface area contributed by atoms with E-state index in [1.54, 1.807) is 0 Å². The molecule has 0 unspecified atom stereocenters. The Balaban J connectivity index is 2.28. The van der Waals surface area contributed by atoms with E-state index in [1.807, 2.05) is 4.90 Å². The quantitative estimate of drug-likeness (QED) is 0.712. The zero-order chi connectivity index (χ0) is 9.68. The van der Waals surface area contributed by atoms with Crippen LogP contribution in [0.3, 0.4) is 0 Å². The number of hydrogen-bond acceptors (Lipinski definition) is 2. The van der Waals surface area contributed by atoms with Crippen molar-refractivity contribution < 1.29 is 4.79 Å². The molecule has 0 bridgehead atoms. The van der Waals surface area contributed by atoms with Crippen molar-refractivity contribution in [2.24, 2.45) is 5.73 Å². The van der Waals surface area contributed by atoms with E-state index >= 15 is 0 Å². The van der Waals surface area contributed by atoms with Gasteiger partial charge in [0.2, 0.25) is 5.91 Å². The molecule has 1 aliphatic rings. The van der Waals surface area contributed by atoms with Crippen LogP contribution in [0, 0.1) is 0 Å². The topological polar surface area (TPSA) is 46.3 Å². The fraction of sp³-hybridized carbons (Fsp3) is 0.900. The number of carbonyl (C=O) groups is 1. The molecule has 1 aliphatic heterocycles. The molecule has 13 heavy (non-hydrogen) atoms. The summed E-state index contributed by atoms with van der Waals surface area (Å²) in [6.07, 6.45) is 5.30. The van der Waals surface area contributed by atoms with Crippen LogP contribution in [0.15, 0.2) is 0 Å². The Hall–Kier alpha value is -0.570. The van der Waals surface area contributed by atoms with Gasteiger partial charge in [-0.2, -0.15) is 0 Å². The van der Waals surface area contributed by atoms with Crippen LogP contribution in [0.1, 0.15) is 39.0 Å². The molecule has 76 valence electrons. The average Bonchev–Trinajstić information content (AvgIpc) is 2.65. The Morgan fingerprint density at radius 2 is 2.08 bits per heavy atom. The van der Waals surface area contributed by atoms with Gasteiger partial charge in [-0.1, -0.05) is 19.8 Å². The highest BCUT2D eigenvalue weighted by atomic mass is 16.2. The molecule has 0 aliphatic carbocycles. The van der Waals surface area contributed by atoms with Crippen molar-refractivity contribution in [2.75, 3.05) is 13.1 Å². The minimum atomic E-state index is -0.252. The third-order valence-electron chi connectivity index (χ3n) is 2.60. The van der Waals surface area contributed by atoms with Crippen molar-refractivity contribution in [2.45, 2.75) is 45.1 Å². The van der Waals surface area contributed by atoms with Crippen LogP contribution in [0.25, 0.3) is 0 Å². The van der Waals surface area contributed by atoms with Gasteiger partial charge in [0, 0.05) is 13.1 Å². The monoisotopic (exact) mass is 184 g/mol. The molecule has 3 heteroatoms. The third-order valence-corrected chi connectivity index (χ3v) is 2.60. The number of likely N-dealkylation sites (tertiary alicyclic amines) is 1. The maximum absolute atomic E-state index is 11.7. The van der Waals surface area contributed by atoms with Crippen molar-refractivity contribution in [3.63, 3.8) is 0 Å². The number of hydrogen-bond donors (Lipinski definition) is 1. The van der Waals surface area contributed by atoms with E-state index in [0.717, 1.165) is 45.2 Å². The largest absolute Gasteiger partial charge is 0.341 e. The number of nitrogens with two attached hydrogens (primary N) is 1. The molecule has 1 rings (SSSR count). The van der Waals surface area contributed by atoms with Crippen molar-refractivity contribution in [1.29, 1.82) is 0 Å². The van der Waals surface area contributed by atoms with E-state index in [0.29, 0.717) is 0 Å². The second-order valence-electron chi connectivity index (χ2n) is 3.78. The predicted molar refractivity (Wildman–Crippen MR) is 53.3 cm³/mol. The summed E-state index contributed by atoms with van der Waals surface area (Å²) >= 11 is 0. The maximum Gasteiger partial charge on any atom is 0.239 e. The Labute approximate surface area is 80.3 Å². The summed E-state index contributed by atoms with van der Waals surface area (Å²) in [7, 11) is 0. The molecular formula is C10H20N2O. The molecule has 0 radical (unpaired) electrons. The number of rotatable bonds is 4. The lowest BCUT2D eigenvalue weighted by Crippen LogP contribution is -2.42. The lowest BCUT2D eigenvalue weighted by Gasteiger charge is -2.19.